The molecule has 1 aromatic carbocycles. The third-order valence-electron chi connectivity index (χ3n) is 4.48. The SMILES string of the molecule is COc1cc(O)c(Cl)c2c1C(=O)OC(C)CCCCCCCC(=O)C2. The highest BCUT2D eigenvalue weighted by atomic mass is 35.5. The number of rotatable bonds is 1. The van der Waals surface area contributed by atoms with E-state index in [4.69, 9.17) is 21.1 Å². The van der Waals surface area contributed by atoms with Crippen LogP contribution in [0.4, 0.5) is 0 Å². The maximum Gasteiger partial charge on any atom is 0.342 e. The van der Waals surface area contributed by atoms with E-state index in [2.05, 4.69) is 0 Å². The number of hydrogen-bond acceptors (Lipinski definition) is 5. The molecule has 0 aromatic heterocycles. The third kappa shape index (κ3) is 5.11. The summed E-state index contributed by atoms with van der Waals surface area (Å²) in [6, 6.07) is 1.28. The fourth-order valence-electron chi connectivity index (χ4n) is 3.09. The maximum atomic E-state index is 12.7. The molecule has 0 fully saturated rings. The predicted octanol–water partition coefficient (Wildman–Crippen LogP) is 4.46. The second-order valence-electron chi connectivity index (χ2n) is 6.50. The van der Waals surface area contributed by atoms with Crippen molar-refractivity contribution in [3.8, 4) is 11.5 Å². The molecule has 1 unspecified atom stereocenters. The summed E-state index contributed by atoms with van der Waals surface area (Å²) in [7, 11) is 1.40. The van der Waals surface area contributed by atoms with Gasteiger partial charge in [-0.25, -0.2) is 4.79 Å². The van der Waals surface area contributed by atoms with E-state index in [0.29, 0.717) is 6.42 Å². The molecule has 5 nitrogen and oxygen atoms in total. The number of methoxy groups -OCH3 is 1. The van der Waals surface area contributed by atoms with Crippen molar-refractivity contribution in [2.24, 2.45) is 0 Å². The Morgan fingerprint density at radius 2 is 1.88 bits per heavy atom. The van der Waals surface area contributed by atoms with E-state index in [-0.39, 0.29) is 46.0 Å². The number of ketones is 1. The first-order valence-corrected chi connectivity index (χ1v) is 9.12. The molecule has 2 rings (SSSR count). The summed E-state index contributed by atoms with van der Waals surface area (Å²) < 4.78 is 10.8. The van der Waals surface area contributed by atoms with Crippen molar-refractivity contribution in [3.05, 3.63) is 22.2 Å². The third-order valence-corrected chi connectivity index (χ3v) is 4.90. The summed E-state index contributed by atoms with van der Waals surface area (Å²) in [4.78, 5) is 25.0. The van der Waals surface area contributed by atoms with E-state index in [0.717, 1.165) is 38.5 Å². The Kier molecular flexibility index (Phi) is 7.12. The standard InChI is InChI=1S/C19H25ClO5/c1-12-8-6-4-3-5-7-9-13(21)10-14-17(19(23)25-12)16(24-2)11-15(22)18(14)20/h11-12,22H,3-10H2,1-2H3. The Morgan fingerprint density at radius 1 is 1.20 bits per heavy atom. The number of esters is 1. The number of halogens is 1. The molecule has 0 saturated carbocycles. The van der Waals surface area contributed by atoms with Crippen LogP contribution >= 0.6 is 11.6 Å². The van der Waals surface area contributed by atoms with Gasteiger partial charge in [-0.3, -0.25) is 4.79 Å². The quantitative estimate of drug-likeness (QED) is 0.741. The first kappa shape index (κ1) is 19.6. The number of aromatic hydroxyl groups is 1. The molecule has 1 N–H and O–H groups in total. The zero-order valence-corrected chi connectivity index (χ0v) is 15.5. The number of fused-ring (bicyclic) bond motifs is 1. The number of phenols is 1. The molecule has 0 aliphatic carbocycles. The summed E-state index contributed by atoms with van der Waals surface area (Å²) in [5, 5.41) is 10.0. The van der Waals surface area contributed by atoms with Gasteiger partial charge >= 0.3 is 5.97 Å². The van der Waals surface area contributed by atoms with Gasteiger partial charge in [-0.1, -0.05) is 30.9 Å². The van der Waals surface area contributed by atoms with E-state index in [1.807, 2.05) is 6.92 Å². The Hall–Kier alpha value is -1.75. The highest BCUT2D eigenvalue weighted by Crippen LogP contribution is 2.38. The molecule has 1 aromatic rings. The molecule has 0 saturated heterocycles. The number of hydrogen-bond donors (Lipinski definition) is 1. The van der Waals surface area contributed by atoms with Crippen LogP contribution in [0.3, 0.4) is 0 Å². The lowest BCUT2D eigenvalue weighted by atomic mass is 9.97. The highest BCUT2D eigenvalue weighted by Gasteiger charge is 2.26. The van der Waals surface area contributed by atoms with Crippen molar-refractivity contribution >= 4 is 23.4 Å². The molecule has 0 radical (unpaired) electrons. The number of cyclic esters (lactones) is 1. The smallest absolute Gasteiger partial charge is 0.342 e. The summed E-state index contributed by atoms with van der Waals surface area (Å²) >= 11 is 6.19. The molecule has 0 spiro atoms. The molecule has 1 atom stereocenters. The van der Waals surface area contributed by atoms with Crippen LogP contribution in [0.25, 0.3) is 0 Å². The van der Waals surface area contributed by atoms with Crippen LogP contribution in [0.1, 0.15) is 67.8 Å². The number of carbonyl (C=O) groups is 2. The molecule has 1 aliphatic heterocycles. The highest BCUT2D eigenvalue weighted by molar-refractivity contribution is 6.33. The maximum absolute atomic E-state index is 12.7. The fourth-order valence-corrected chi connectivity index (χ4v) is 3.31. The second kappa shape index (κ2) is 9.09. The van der Waals surface area contributed by atoms with Crippen LogP contribution in [0, 0.1) is 0 Å². The molecule has 25 heavy (non-hydrogen) atoms. The summed E-state index contributed by atoms with van der Waals surface area (Å²) in [6.07, 6.45) is 5.89. The van der Waals surface area contributed by atoms with E-state index in [1.54, 1.807) is 0 Å². The molecule has 1 heterocycles. The largest absolute Gasteiger partial charge is 0.506 e. The van der Waals surface area contributed by atoms with Crippen molar-refractivity contribution in [1.82, 2.24) is 0 Å². The minimum atomic E-state index is -0.578. The van der Waals surface area contributed by atoms with Crippen LogP contribution in [-0.4, -0.2) is 30.1 Å². The Balaban J connectivity index is 2.44. The van der Waals surface area contributed by atoms with Crippen molar-refractivity contribution < 1.29 is 24.2 Å². The van der Waals surface area contributed by atoms with Gasteiger partial charge in [0.15, 0.2) is 0 Å². The van der Waals surface area contributed by atoms with E-state index >= 15 is 0 Å². The van der Waals surface area contributed by atoms with Crippen LogP contribution < -0.4 is 4.74 Å². The Labute approximate surface area is 153 Å². The van der Waals surface area contributed by atoms with E-state index < -0.39 is 5.97 Å². The Bertz CT molecular complexity index is 641. The first-order valence-electron chi connectivity index (χ1n) is 8.75. The monoisotopic (exact) mass is 368 g/mol. The number of ether oxygens (including phenoxy) is 2. The van der Waals surface area contributed by atoms with Crippen LogP contribution in [0.15, 0.2) is 6.07 Å². The van der Waals surface area contributed by atoms with E-state index in [1.165, 1.54) is 13.2 Å². The van der Waals surface area contributed by atoms with Crippen molar-refractivity contribution in [2.75, 3.05) is 7.11 Å². The van der Waals surface area contributed by atoms with Crippen LogP contribution in [0.2, 0.25) is 5.02 Å². The van der Waals surface area contributed by atoms with Crippen LogP contribution in [-0.2, 0) is 16.0 Å². The van der Waals surface area contributed by atoms with Gasteiger partial charge < -0.3 is 14.6 Å². The fraction of sp³-hybridized carbons (Fsp3) is 0.579. The molecular formula is C19H25ClO5. The van der Waals surface area contributed by atoms with Gasteiger partial charge in [0.2, 0.25) is 0 Å². The minimum absolute atomic E-state index is 0.000784. The van der Waals surface area contributed by atoms with Gasteiger partial charge in [0.05, 0.1) is 18.2 Å². The zero-order chi connectivity index (χ0) is 18.4. The summed E-state index contributed by atoms with van der Waals surface area (Å²) in [6.45, 7) is 1.85. The average molecular weight is 369 g/mol. The topological polar surface area (TPSA) is 72.8 Å². The molecule has 0 bridgehead atoms. The number of phenolic OH excluding ortho intramolecular Hbond substituents is 1. The van der Waals surface area contributed by atoms with Gasteiger partial charge in [0.25, 0.3) is 0 Å². The van der Waals surface area contributed by atoms with Gasteiger partial charge in [0, 0.05) is 24.5 Å². The number of benzene rings is 1. The molecular weight excluding hydrogens is 344 g/mol. The molecule has 1 aliphatic rings. The van der Waals surface area contributed by atoms with Crippen molar-refractivity contribution in [3.63, 3.8) is 0 Å². The van der Waals surface area contributed by atoms with Crippen molar-refractivity contribution in [2.45, 2.75) is 64.4 Å². The van der Waals surface area contributed by atoms with Gasteiger partial charge in [-0.05, 0) is 26.2 Å². The molecule has 138 valence electrons. The zero-order valence-electron chi connectivity index (χ0n) is 14.8. The van der Waals surface area contributed by atoms with E-state index in [9.17, 15) is 14.7 Å². The Morgan fingerprint density at radius 3 is 2.60 bits per heavy atom. The lowest BCUT2D eigenvalue weighted by molar-refractivity contribution is -0.118. The second-order valence-corrected chi connectivity index (χ2v) is 6.88. The van der Waals surface area contributed by atoms with Gasteiger partial charge in [-0.2, -0.15) is 0 Å². The number of Topliss-reactive ketones (excluding diaryl/α,β-unsaturated/α-hetero) is 1. The normalized spacial score (nSPS) is 20.4. The minimum Gasteiger partial charge on any atom is -0.506 e. The van der Waals surface area contributed by atoms with Crippen molar-refractivity contribution in [1.29, 1.82) is 0 Å². The average Bonchev–Trinajstić information content (AvgIpc) is 2.56. The number of carbonyl (C=O) groups excluding carboxylic acids is 2. The van der Waals surface area contributed by atoms with Crippen LogP contribution in [0.5, 0.6) is 11.5 Å². The summed E-state index contributed by atoms with van der Waals surface area (Å²) in [5.41, 5.74) is 0.403. The molecule has 0 amide bonds. The van der Waals surface area contributed by atoms with Gasteiger partial charge in [0.1, 0.15) is 22.8 Å². The lowest BCUT2D eigenvalue weighted by Crippen LogP contribution is -2.19. The molecule has 6 heteroatoms. The predicted molar refractivity (Wildman–Crippen MR) is 95.6 cm³/mol. The lowest BCUT2D eigenvalue weighted by Gasteiger charge is -2.19. The summed E-state index contributed by atoms with van der Waals surface area (Å²) in [5.74, 6) is -0.652. The van der Waals surface area contributed by atoms with Gasteiger partial charge in [-0.15, -0.1) is 0 Å². The first-order chi connectivity index (χ1) is 11.9.